The number of carboxylic acids is 1. The van der Waals surface area contributed by atoms with Crippen molar-refractivity contribution < 1.29 is 29.4 Å². The SMILES string of the molecule is CCC(C)C(N)C(=O)NC(CO)C(=O)NC(C(=O)N1CCCC1C(=O)O)C(C)CC. The Morgan fingerprint density at radius 2 is 1.67 bits per heavy atom. The summed E-state index contributed by atoms with van der Waals surface area (Å²) < 4.78 is 0. The minimum Gasteiger partial charge on any atom is -0.480 e. The lowest BCUT2D eigenvalue weighted by Gasteiger charge is -2.31. The third-order valence-corrected chi connectivity index (χ3v) is 5.97. The number of likely N-dealkylation sites (tertiary alicyclic amines) is 1. The van der Waals surface area contributed by atoms with E-state index in [4.69, 9.17) is 5.73 Å². The molecule has 0 aromatic rings. The second-order valence-corrected chi connectivity index (χ2v) is 8.05. The molecule has 1 aliphatic rings. The standard InChI is InChI=1S/C20H36N4O6/c1-5-11(3)15(21)18(27)22-13(10-25)17(26)23-16(12(4)6-2)19(28)24-9-7-8-14(24)20(29)30/h11-16,25H,5-10,21H2,1-4H3,(H,22,27)(H,23,26)(H,29,30). The van der Waals surface area contributed by atoms with Gasteiger partial charge in [0.05, 0.1) is 12.6 Å². The Balaban J connectivity index is 2.92. The van der Waals surface area contributed by atoms with E-state index in [1.807, 2.05) is 20.8 Å². The maximum Gasteiger partial charge on any atom is 0.326 e. The Hall–Kier alpha value is -2.20. The molecule has 0 saturated carbocycles. The van der Waals surface area contributed by atoms with Crippen LogP contribution in [-0.2, 0) is 19.2 Å². The van der Waals surface area contributed by atoms with Crippen LogP contribution in [-0.4, -0.2) is 76.1 Å². The number of carbonyl (C=O) groups is 4. The average molecular weight is 429 g/mol. The van der Waals surface area contributed by atoms with Gasteiger partial charge < -0.3 is 31.5 Å². The van der Waals surface area contributed by atoms with Crippen LogP contribution in [0.1, 0.15) is 53.4 Å². The van der Waals surface area contributed by atoms with E-state index in [-0.39, 0.29) is 11.8 Å². The molecule has 10 nitrogen and oxygen atoms in total. The van der Waals surface area contributed by atoms with Crippen molar-refractivity contribution in [2.75, 3.05) is 13.2 Å². The van der Waals surface area contributed by atoms with E-state index >= 15 is 0 Å². The second-order valence-electron chi connectivity index (χ2n) is 8.05. The Morgan fingerprint density at radius 1 is 1.07 bits per heavy atom. The van der Waals surface area contributed by atoms with Crippen molar-refractivity contribution in [1.29, 1.82) is 0 Å². The minimum absolute atomic E-state index is 0.107. The molecule has 0 bridgehead atoms. The maximum atomic E-state index is 13.0. The maximum absolute atomic E-state index is 13.0. The molecule has 1 fully saturated rings. The number of aliphatic hydroxyl groups excluding tert-OH is 1. The van der Waals surface area contributed by atoms with Crippen LogP contribution in [0.25, 0.3) is 0 Å². The summed E-state index contributed by atoms with van der Waals surface area (Å²) in [6.45, 7) is 6.98. The molecule has 1 rings (SSSR count). The molecule has 6 N–H and O–H groups in total. The first-order valence-electron chi connectivity index (χ1n) is 10.6. The molecule has 1 heterocycles. The first-order valence-corrected chi connectivity index (χ1v) is 10.6. The van der Waals surface area contributed by atoms with Crippen molar-refractivity contribution in [1.82, 2.24) is 15.5 Å². The highest BCUT2D eigenvalue weighted by Gasteiger charge is 2.39. The Kier molecular flexibility index (Phi) is 10.2. The molecule has 1 aliphatic heterocycles. The highest BCUT2D eigenvalue weighted by molar-refractivity contribution is 5.94. The predicted molar refractivity (Wildman–Crippen MR) is 110 cm³/mol. The molecular formula is C20H36N4O6. The number of amides is 3. The summed E-state index contributed by atoms with van der Waals surface area (Å²) in [6.07, 6.45) is 2.19. The first-order chi connectivity index (χ1) is 14.1. The molecule has 0 radical (unpaired) electrons. The molecule has 6 unspecified atom stereocenters. The lowest BCUT2D eigenvalue weighted by molar-refractivity contribution is -0.150. The van der Waals surface area contributed by atoms with E-state index in [1.54, 1.807) is 6.92 Å². The van der Waals surface area contributed by atoms with E-state index in [0.717, 1.165) is 0 Å². The van der Waals surface area contributed by atoms with Crippen molar-refractivity contribution >= 4 is 23.7 Å². The zero-order valence-electron chi connectivity index (χ0n) is 18.3. The molecule has 0 aliphatic carbocycles. The second kappa shape index (κ2) is 11.8. The zero-order chi connectivity index (χ0) is 23.0. The molecule has 172 valence electrons. The number of aliphatic hydroxyl groups is 1. The van der Waals surface area contributed by atoms with E-state index in [1.165, 1.54) is 4.90 Å². The van der Waals surface area contributed by atoms with Crippen molar-refractivity contribution in [3.05, 3.63) is 0 Å². The molecule has 30 heavy (non-hydrogen) atoms. The molecule has 6 atom stereocenters. The summed E-state index contributed by atoms with van der Waals surface area (Å²) >= 11 is 0. The molecule has 3 amide bonds. The normalized spacial score (nSPS) is 21.3. The quantitative estimate of drug-likeness (QED) is 0.295. The van der Waals surface area contributed by atoms with Crippen LogP contribution in [0, 0.1) is 11.8 Å². The Labute approximate surface area is 177 Å². The van der Waals surface area contributed by atoms with Gasteiger partial charge in [0.1, 0.15) is 18.1 Å². The number of carbonyl (C=O) groups excluding carboxylic acids is 3. The van der Waals surface area contributed by atoms with E-state index < -0.39 is 54.5 Å². The van der Waals surface area contributed by atoms with Crippen molar-refractivity contribution in [2.24, 2.45) is 17.6 Å². The third kappa shape index (κ3) is 6.40. The average Bonchev–Trinajstić information content (AvgIpc) is 3.23. The molecule has 0 aromatic carbocycles. The predicted octanol–water partition coefficient (Wildman–Crippen LogP) is -0.557. The number of nitrogens with one attached hydrogen (secondary N) is 2. The van der Waals surface area contributed by atoms with Gasteiger partial charge in [0.25, 0.3) is 0 Å². The van der Waals surface area contributed by atoms with Crippen LogP contribution >= 0.6 is 0 Å². The number of aliphatic carboxylic acids is 1. The van der Waals surface area contributed by atoms with Gasteiger partial charge in [-0.15, -0.1) is 0 Å². The van der Waals surface area contributed by atoms with Crippen LogP contribution < -0.4 is 16.4 Å². The number of nitrogens with two attached hydrogens (primary N) is 1. The van der Waals surface area contributed by atoms with Crippen LogP contribution in [0.4, 0.5) is 0 Å². The van der Waals surface area contributed by atoms with Gasteiger partial charge in [-0.2, -0.15) is 0 Å². The molecule has 0 spiro atoms. The first kappa shape index (κ1) is 25.8. The van der Waals surface area contributed by atoms with Gasteiger partial charge in [0.15, 0.2) is 0 Å². The van der Waals surface area contributed by atoms with Gasteiger partial charge in [-0.3, -0.25) is 14.4 Å². The Morgan fingerprint density at radius 3 is 2.17 bits per heavy atom. The lowest BCUT2D eigenvalue weighted by Crippen LogP contribution is -2.59. The van der Waals surface area contributed by atoms with Crippen molar-refractivity contribution in [3.8, 4) is 0 Å². The summed E-state index contributed by atoms with van der Waals surface area (Å²) in [4.78, 5) is 50.8. The highest BCUT2D eigenvalue weighted by atomic mass is 16.4. The minimum atomic E-state index is -1.26. The summed E-state index contributed by atoms with van der Waals surface area (Å²) in [6, 6.07) is -3.97. The van der Waals surface area contributed by atoms with Gasteiger partial charge in [-0.25, -0.2) is 4.79 Å². The summed E-state index contributed by atoms with van der Waals surface area (Å²) in [5.41, 5.74) is 5.88. The fraction of sp³-hybridized carbons (Fsp3) is 0.800. The molecule has 0 aromatic heterocycles. The van der Waals surface area contributed by atoms with Gasteiger partial charge in [-0.05, 0) is 24.7 Å². The molecular weight excluding hydrogens is 392 g/mol. The van der Waals surface area contributed by atoms with Gasteiger partial charge >= 0.3 is 5.97 Å². The molecule has 10 heteroatoms. The lowest BCUT2D eigenvalue weighted by atomic mass is 9.96. The number of rotatable bonds is 11. The highest BCUT2D eigenvalue weighted by Crippen LogP contribution is 2.21. The smallest absolute Gasteiger partial charge is 0.326 e. The van der Waals surface area contributed by atoms with Crippen LogP contribution in [0.15, 0.2) is 0 Å². The molecule has 1 saturated heterocycles. The number of carboxylic acid groups (broad SMARTS) is 1. The van der Waals surface area contributed by atoms with Crippen molar-refractivity contribution in [2.45, 2.75) is 77.5 Å². The van der Waals surface area contributed by atoms with Gasteiger partial charge in [0.2, 0.25) is 17.7 Å². The van der Waals surface area contributed by atoms with E-state index in [0.29, 0.717) is 32.2 Å². The summed E-state index contributed by atoms with van der Waals surface area (Å²) in [5, 5.41) is 24.0. The monoisotopic (exact) mass is 428 g/mol. The Bertz CT molecular complexity index is 628. The van der Waals surface area contributed by atoms with Crippen LogP contribution in [0.3, 0.4) is 0 Å². The number of hydrogen-bond donors (Lipinski definition) is 5. The topological polar surface area (TPSA) is 162 Å². The fourth-order valence-electron chi connectivity index (χ4n) is 3.38. The summed E-state index contributed by atoms with van der Waals surface area (Å²) in [7, 11) is 0. The van der Waals surface area contributed by atoms with Crippen LogP contribution in [0.5, 0.6) is 0 Å². The zero-order valence-corrected chi connectivity index (χ0v) is 18.3. The van der Waals surface area contributed by atoms with Crippen LogP contribution in [0.2, 0.25) is 0 Å². The van der Waals surface area contributed by atoms with Gasteiger partial charge in [0, 0.05) is 6.54 Å². The summed E-state index contributed by atoms with van der Waals surface area (Å²) in [5.74, 6) is -3.20. The number of nitrogens with zero attached hydrogens (tertiary/aromatic N) is 1. The third-order valence-electron chi connectivity index (χ3n) is 5.97. The largest absolute Gasteiger partial charge is 0.480 e. The number of hydrogen-bond acceptors (Lipinski definition) is 6. The van der Waals surface area contributed by atoms with E-state index in [2.05, 4.69) is 10.6 Å². The van der Waals surface area contributed by atoms with Crippen molar-refractivity contribution in [3.63, 3.8) is 0 Å². The van der Waals surface area contributed by atoms with Gasteiger partial charge in [-0.1, -0.05) is 40.5 Å². The van der Waals surface area contributed by atoms with E-state index in [9.17, 15) is 29.4 Å². The fourth-order valence-corrected chi connectivity index (χ4v) is 3.38.